The zero-order valence-electron chi connectivity index (χ0n) is 20.9. The van der Waals surface area contributed by atoms with Crippen molar-refractivity contribution in [2.75, 3.05) is 0 Å². The summed E-state index contributed by atoms with van der Waals surface area (Å²) in [6.45, 7) is 5.29. The number of ether oxygens (including phenoxy) is 1. The van der Waals surface area contributed by atoms with Crippen LogP contribution in [0.4, 0.5) is 4.79 Å². The summed E-state index contributed by atoms with van der Waals surface area (Å²) in [5.74, 6) is -1.17. The van der Waals surface area contributed by atoms with Gasteiger partial charge in [-0.1, -0.05) is 23.9 Å². The zero-order chi connectivity index (χ0) is 26.1. The highest BCUT2D eigenvalue weighted by Gasteiger charge is 2.52. The van der Waals surface area contributed by atoms with Gasteiger partial charge in [-0.2, -0.15) is 5.10 Å². The third-order valence-electron chi connectivity index (χ3n) is 7.45. The predicted molar refractivity (Wildman–Crippen MR) is 137 cm³/mol. The van der Waals surface area contributed by atoms with Crippen LogP contribution in [0.1, 0.15) is 47.6 Å². The number of aryl methyl sites for hydroxylation is 2. The molecule has 196 valence electrons. The molecular formula is C25H29N5O5S2. The molecule has 3 amide bonds. The largest absolute Gasteiger partial charge is 0.372 e. The molecule has 6 rings (SSSR count). The highest BCUT2D eigenvalue weighted by atomic mass is 32.3. The van der Waals surface area contributed by atoms with E-state index in [4.69, 9.17) is 4.74 Å². The van der Waals surface area contributed by atoms with Gasteiger partial charge in [0.25, 0.3) is 0 Å². The molecule has 37 heavy (non-hydrogen) atoms. The first-order chi connectivity index (χ1) is 17.5. The molecule has 2 fully saturated rings. The van der Waals surface area contributed by atoms with E-state index in [0.29, 0.717) is 13.2 Å². The second-order valence-electron chi connectivity index (χ2n) is 10.6. The number of hydrogen-bond acceptors (Lipinski definition) is 7. The number of fused-ring (bicyclic) bond motifs is 2. The molecule has 10 nitrogen and oxygen atoms in total. The van der Waals surface area contributed by atoms with Gasteiger partial charge < -0.3 is 9.64 Å². The third kappa shape index (κ3) is 4.49. The number of amides is 3. The third-order valence-corrected chi connectivity index (χ3v) is 11.0. The van der Waals surface area contributed by atoms with Crippen LogP contribution in [0, 0.1) is 12.8 Å². The molecule has 1 N–H and O–H groups in total. The van der Waals surface area contributed by atoms with Gasteiger partial charge in [-0.25, -0.2) is 17.9 Å². The summed E-state index contributed by atoms with van der Waals surface area (Å²) in [5.41, 5.74) is 4.49. The van der Waals surface area contributed by atoms with Gasteiger partial charge >= 0.3 is 6.03 Å². The molecule has 2 aromatic rings. The van der Waals surface area contributed by atoms with Crippen molar-refractivity contribution in [1.82, 2.24) is 24.3 Å². The number of hydrogen-bond donors (Lipinski definition) is 1. The molecule has 2 unspecified atom stereocenters. The van der Waals surface area contributed by atoms with Crippen molar-refractivity contribution in [3.05, 3.63) is 62.7 Å². The fourth-order valence-corrected chi connectivity index (χ4v) is 8.37. The maximum Gasteiger partial charge on any atom is 0.328 e. The number of sulfonamides is 1. The lowest BCUT2D eigenvalue weighted by Gasteiger charge is -2.41. The molecule has 0 radical (unpaired) electrons. The second-order valence-corrected chi connectivity index (χ2v) is 13.7. The summed E-state index contributed by atoms with van der Waals surface area (Å²) in [7, 11) is -2.03. The van der Waals surface area contributed by atoms with Crippen LogP contribution in [-0.2, 0) is 52.9 Å². The molecular weight excluding hydrogens is 514 g/mol. The highest BCUT2D eigenvalue weighted by molar-refractivity contribution is 8.18. The van der Waals surface area contributed by atoms with Crippen molar-refractivity contribution >= 4 is 33.7 Å². The number of rotatable bonds is 7. The van der Waals surface area contributed by atoms with Gasteiger partial charge in [-0.05, 0) is 55.0 Å². The van der Waals surface area contributed by atoms with Gasteiger partial charge in [-0.3, -0.25) is 14.4 Å². The number of benzene rings is 1. The van der Waals surface area contributed by atoms with Crippen molar-refractivity contribution in [2.45, 2.75) is 63.9 Å². The Kier molecular flexibility index (Phi) is 5.79. The number of carbonyl (C=O) groups is 2. The van der Waals surface area contributed by atoms with Crippen molar-refractivity contribution in [1.29, 1.82) is 0 Å². The maximum absolute atomic E-state index is 13.8. The monoisotopic (exact) mass is 543 g/mol. The van der Waals surface area contributed by atoms with Crippen LogP contribution in [-0.4, -0.2) is 50.8 Å². The number of aromatic nitrogens is 2. The fraction of sp³-hybridized carbons (Fsp3) is 0.480. The molecule has 4 heterocycles. The van der Waals surface area contributed by atoms with E-state index in [0.717, 1.165) is 52.4 Å². The van der Waals surface area contributed by atoms with E-state index < -0.39 is 38.8 Å². The molecule has 1 saturated heterocycles. The summed E-state index contributed by atoms with van der Waals surface area (Å²) in [5, 5.41) is 3.51. The number of urea groups is 1. The molecule has 2 atom stereocenters. The van der Waals surface area contributed by atoms with Crippen molar-refractivity contribution in [2.24, 2.45) is 13.0 Å². The molecule has 1 aliphatic carbocycles. The Morgan fingerprint density at radius 3 is 2.59 bits per heavy atom. The molecule has 4 aliphatic rings. The van der Waals surface area contributed by atoms with Crippen LogP contribution in [0.3, 0.4) is 0 Å². The van der Waals surface area contributed by atoms with E-state index in [2.05, 4.69) is 22.0 Å². The van der Waals surface area contributed by atoms with Crippen LogP contribution < -0.4 is 4.72 Å². The average Bonchev–Trinajstić information content (AvgIpc) is 3.23. The Hall–Kier alpha value is -2.67. The molecule has 1 saturated carbocycles. The molecule has 3 aliphatic heterocycles. The lowest BCUT2D eigenvalue weighted by Crippen LogP contribution is -2.58. The van der Waals surface area contributed by atoms with E-state index in [1.54, 1.807) is 29.0 Å². The summed E-state index contributed by atoms with van der Waals surface area (Å²) in [4.78, 5) is 30.2. The summed E-state index contributed by atoms with van der Waals surface area (Å²) < 4.78 is 36.4. The summed E-state index contributed by atoms with van der Waals surface area (Å²) >= 11 is 1.08. The van der Waals surface area contributed by atoms with Gasteiger partial charge in [0.2, 0.25) is 15.9 Å². The minimum atomic E-state index is -3.80. The van der Waals surface area contributed by atoms with Gasteiger partial charge in [0, 0.05) is 30.9 Å². The second kappa shape index (κ2) is 8.69. The lowest BCUT2D eigenvalue weighted by molar-refractivity contribution is -0.135. The fourth-order valence-electron chi connectivity index (χ4n) is 5.06. The number of nitrogens with one attached hydrogen (secondary N) is 1. The molecule has 1 aromatic carbocycles. The van der Waals surface area contributed by atoms with Crippen LogP contribution in [0.15, 0.2) is 34.8 Å². The van der Waals surface area contributed by atoms with Crippen LogP contribution in [0.2, 0.25) is 0 Å². The van der Waals surface area contributed by atoms with E-state index in [1.807, 2.05) is 13.8 Å². The van der Waals surface area contributed by atoms with E-state index in [-0.39, 0.29) is 17.3 Å². The van der Waals surface area contributed by atoms with Crippen molar-refractivity contribution in [3.63, 3.8) is 0 Å². The smallest absolute Gasteiger partial charge is 0.328 e. The normalized spacial score (nSPS) is 24.4. The number of carbonyl (C=O) groups excluding carboxylic acids is 2. The Labute approximate surface area is 220 Å². The number of imide groups is 1. The van der Waals surface area contributed by atoms with Gasteiger partial charge in [0.05, 0.1) is 31.9 Å². The average molecular weight is 544 g/mol. The summed E-state index contributed by atoms with van der Waals surface area (Å²) in [6, 6.07) is 3.70. The van der Waals surface area contributed by atoms with E-state index in [1.165, 1.54) is 11.0 Å². The number of thioether (sulfide) groups is 1. The quantitative estimate of drug-likeness (QED) is 0.571. The topological polar surface area (TPSA) is 114 Å². The predicted octanol–water partition coefficient (Wildman–Crippen LogP) is 2.73. The summed E-state index contributed by atoms with van der Waals surface area (Å²) in [6.07, 6.45) is 6.46. The Morgan fingerprint density at radius 1 is 1.19 bits per heavy atom. The van der Waals surface area contributed by atoms with E-state index in [9.17, 15) is 18.0 Å². The Balaban J connectivity index is 1.34. The van der Waals surface area contributed by atoms with Crippen molar-refractivity contribution < 1.29 is 22.7 Å². The Morgan fingerprint density at radius 2 is 1.92 bits per heavy atom. The minimum Gasteiger partial charge on any atom is -0.372 e. The van der Waals surface area contributed by atoms with E-state index >= 15 is 0 Å². The Bertz CT molecular complexity index is 1450. The first-order valence-electron chi connectivity index (χ1n) is 12.2. The molecule has 12 heteroatoms. The van der Waals surface area contributed by atoms with Gasteiger partial charge in [0.1, 0.15) is 9.61 Å². The lowest BCUT2D eigenvalue weighted by atomic mass is 9.99. The first-order valence-corrected chi connectivity index (χ1v) is 14.6. The standard InChI is InChI=1S/C25H29N5O5S2/c1-15-6-18-13-35-14-19(18)7-17(15)12-30-23-20(8-21(36-23)37(33,34)27-25(2)4-5-25)22(31)29(24(30)32)11-16-9-26-28(3)10-16/h6-10,20,23,27H,4-5,11-14H2,1-3H3. The maximum atomic E-state index is 13.8. The van der Waals surface area contributed by atoms with Gasteiger partial charge in [-0.15, -0.1) is 0 Å². The minimum absolute atomic E-state index is 0.0686. The molecule has 1 aromatic heterocycles. The zero-order valence-corrected chi connectivity index (χ0v) is 22.6. The van der Waals surface area contributed by atoms with Crippen LogP contribution in [0.5, 0.6) is 0 Å². The van der Waals surface area contributed by atoms with Gasteiger partial charge in [0.15, 0.2) is 0 Å². The SMILES string of the molecule is Cc1cc2c(cc1CN1C(=O)N(Cc3cnn(C)c3)C(=O)C3C=C(S(=O)(=O)NC4(C)CC4)SC31)COC2. The molecule has 0 bridgehead atoms. The first kappa shape index (κ1) is 24.7. The number of nitrogens with zero attached hydrogens (tertiary/aromatic N) is 4. The molecule has 0 spiro atoms. The highest BCUT2D eigenvalue weighted by Crippen LogP contribution is 2.47. The van der Waals surface area contributed by atoms with Crippen LogP contribution in [0.25, 0.3) is 0 Å². The van der Waals surface area contributed by atoms with Crippen LogP contribution >= 0.6 is 11.8 Å². The van der Waals surface area contributed by atoms with Crippen molar-refractivity contribution in [3.8, 4) is 0 Å².